The largest absolute Gasteiger partial charge is 0.468 e. The van der Waals surface area contributed by atoms with E-state index in [1.807, 2.05) is 73.7 Å². The molecule has 2 saturated heterocycles. The first-order chi connectivity index (χ1) is 14.9. The van der Waals surface area contributed by atoms with Crippen LogP contribution in [0.25, 0.3) is 10.8 Å². The molecular weight excluding hydrogens is 410 g/mol. The van der Waals surface area contributed by atoms with Crippen LogP contribution in [0.4, 0.5) is 0 Å². The van der Waals surface area contributed by atoms with Crippen molar-refractivity contribution in [3.63, 3.8) is 0 Å². The minimum absolute atomic E-state index is 0.0490. The van der Waals surface area contributed by atoms with E-state index in [4.69, 9.17) is 16.3 Å². The van der Waals surface area contributed by atoms with Gasteiger partial charge in [-0.15, -0.1) is 0 Å². The number of Topliss-reactive ketones (excluding diaryl/α,β-unsaturated/α-hetero) is 1. The van der Waals surface area contributed by atoms with Crippen LogP contribution in [0.3, 0.4) is 0 Å². The highest BCUT2D eigenvalue weighted by Gasteiger charge is 2.67. The van der Waals surface area contributed by atoms with Crippen LogP contribution in [0.2, 0.25) is 5.02 Å². The number of piperidine rings is 2. The van der Waals surface area contributed by atoms with Gasteiger partial charge in [-0.1, -0.05) is 60.1 Å². The van der Waals surface area contributed by atoms with Crippen molar-refractivity contribution < 1.29 is 14.3 Å². The van der Waals surface area contributed by atoms with Gasteiger partial charge in [0.05, 0.1) is 12.5 Å². The predicted octanol–water partition coefficient (Wildman–Crippen LogP) is 5.35. The Morgan fingerprint density at radius 2 is 1.68 bits per heavy atom. The number of fused-ring (bicyclic) bond motifs is 3. The first-order valence-corrected chi connectivity index (χ1v) is 10.9. The van der Waals surface area contributed by atoms with Crippen molar-refractivity contribution in [3.8, 4) is 0 Å². The fraction of sp³-hybridized carbons (Fsp3) is 0.308. The predicted molar refractivity (Wildman–Crippen MR) is 121 cm³/mol. The average molecular weight is 434 g/mol. The van der Waals surface area contributed by atoms with Gasteiger partial charge in [0.2, 0.25) is 0 Å². The van der Waals surface area contributed by atoms with E-state index >= 15 is 0 Å². The number of rotatable bonds is 4. The summed E-state index contributed by atoms with van der Waals surface area (Å²) in [6.45, 7) is 1.88. The van der Waals surface area contributed by atoms with Crippen LogP contribution >= 0.6 is 11.6 Å². The van der Waals surface area contributed by atoms with Gasteiger partial charge in [-0.25, -0.2) is 0 Å². The van der Waals surface area contributed by atoms with Gasteiger partial charge in [-0.3, -0.25) is 14.9 Å². The maximum atomic E-state index is 13.9. The standard InChI is InChI=1S/C26H24ClNO3/c1-25(24(30)31-2)20-14-26(15-20,22(28-25)17-9-11-21(27)12-10-17)23(29)19-8-7-16-5-3-4-6-18(16)13-19/h3-13,20,22,28H,14-15H2,1-2H3/t20?,22-,25-,26?/m0/s1. The molecule has 5 heteroatoms. The summed E-state index contributed by atoms with van der Waals surface area (Å²) < 4.78 is 5.11. The van der Waals surface area contributed by atoms with Gasteiger partial charge >= 0.3 is 5.97 Å². The van der Waals surface area contributed by atoms with Crippen LogP contribution in [0, 0.1) is 11.3 Å². The lowest BCUT2D eigenvalue weighted by Crippen LogP contribution is -2.72. The Hall–Kier alpha value is -2.69. The van der Waals surface area contributed by atoms with Gasteiger partial charge < -0.3 is 4.74 Å². The summed E-state index contributed by atoms with van der Waals surface area (Å²) in [5.74, 6) is -0.121. The normalized spacial score (nSPS) is 29.3. The van der Waals surface area contributed by atoms with Crippen LogP contribution in [0.15, 0.2) is 66.7 Å². The number of carbonyl (C=O) groups is 2. The quantitative estimate of drug-likeness (QED) is 0.445. The fourth-order valence-corrected chi connectivity index (χ4v) is 5.58. The third-order valence-electron chi connectivity index (χ3n) is 7.31. The molecule has 1 saturated carbocycles. The summed E-state index contributed by atoms with van der Waals surface area (Å²) in [5, 5.41) is 6.30. The highest BCUT2D eigenvalue weighted by molar-refractivity contribution is 6.30. The van der Waals surface area contributed by atoms with E-state index in [1.54, 1.807) is 0 Å². The highest BCUT2D eigenvalue weighted by atomic mass is 35.5. The minimum atomic E-state index is -0.829. The number of ether oxygens (including phenoxy) is 1. The van der Waals surface area contributed by atoms with Crippen molar-refractivity contribution in [2.24, 2.45) is 11.3 Å². The second-order valence-corrected chi connectivity index (χ2v) is 9.41. The Balaban J connectivity index is 1.58. The summed E-state index contributed by atoms with van der Waals surface area (Å²) in [4.78, 5) is 26.6. The second-order valence-electron chi connectivity index (χ2n) is 8.98. The Labute approximate surface area is 186 Å². The number of benzene rings is 3. The molecule has 1 aliphatic carbocycles. The summed E-state index contributed by atoms with van der Waals surface area (Å²) in [6, 6.07) is 21.2. The monoisotopic (exact) mass is 433 g/mol. The number of esters is 1. The molecule has 2 aliphatic heterocycles. The molecule has 3 fully saturated rings. The van der Waals surface area contributed by atoms with Crippen molar-refractivity contribution >= 4 is 34.1 Å². The smallest absolute Gasteiger partial charge is 0.326 e. The zero-order chi connectivity index (χ0) is 21.8. The van der Waals surface area contributed by atoms with Crippen LogP contribution in [-0.4, -0.2) is 24.4 Å². The molecule has 3 aromatic carbocycles. The van der Waals surface area contributed by atoms with Crippen molar-refractivity contribution in [3.05, 3.63) is 82.9 Å². The van der Waals surface area contributed by atoms with Crippen molar-refractivity contribution in [1.29, 1.82) is 0 Å². The molecule has 0 radical (unpaired) electrons. The molecule has 0 aromatic heterocycles. The zero-order valence-corrected chi connectivity index (χ0v) is 18.3. The SMILES string of the molecule is COC(=O)[C@@]1(C)N[C@@H](c2ccc(Cl)cc2)C2(C(=O)c3ccc4ccccc4c3)CC1C2. The Kier molecular flexibility index (Phi) is 4.68. The van der Waals surface area contributed by atoms with Crippen LogP contribution < -0.4 is 5.32 Å². The summed E-state index contributed by atoms with van der Waals surface area (Å²) in [5.41, 5.74) is 0.227. The first-order valence-electron chi connectivity index (χ1n) is 10.5. The average Bonchev–Trinajstić information content (AvgIpc) is 2.77. The van der Waals surface area contributed by atoms with E-state index < -0.39 is 11.0 Å². The van der Waals surface area contributed by atoms with E-state index in [0.717, 1.165) is 16.3 Å². The van der Waals surface area contributed by atoms with E-state index in [9.17, 15) is 9.59 Å². The van der Waals surface area contributed by atoms with E-state index in [2.05, 4.69) is 5.32 Å². The van der Waals surface area contributed by atoms with Crippen molar-refractivity contribution in [2.45, 2.75) is 31.3 Å². The maximum absolute atomic E-state index is 13.9. The fourth-order valence-electron chi connectivity index (χ4n) is 5.45. The van der Waals surface area contributed by atoms with Gasteiger partial charge in [-0.05, 0) is 60.2 Å². The van der Waals surface area contributed by atoms with Crippen molar-refractivity contribution in [1.82, 2.24) is 5.32 Å². The topological polar surface area (TPSA) is 55.4 Å². The Morgan fingerprint density at radius 1 is 1.00 bits per heavy atom. The molecule has 0 spiro atoms. The molecule has 1 N–H and O–H groups in total. The zero-order valence-electron chi connectivity index (χ0n) is 17.5. The van der Waals surface area contributed by atoms with Gasteiger partial charge in [0.25, 0.3) is 0 Å². The first kappa shape index (κ1) is 20.2. The lowest BCUT2D eigenvalue weighted by atomic mass is 9.46. The maximum Gasteiger partial charge on any atom is 0.326 e. The van der Waals surface area contributed by atoms with Gasteiger partial charge in [-0.2, -0.15) is 0 Å². The lowest BCUT2D eigenvalue weighted by molar-refractivity contribution is -0.164. The van der Waals surface area contributed by atoms with Crippen molar-refractivity contribution in [2.75, 3.05) is 7.11 Å². The van der Waals surface area contributed by atoms with Crippen LogP contribution in [-0.2, 0) is 9.53 Å². The number of methoxy groups -OCH3 is 1. The van der Waals surface area contributed by atoms with E-state index in [-0.39, 0.29) is 23.7 Å². The Bertz CT molecular complexity index is 1180. The third kappa shape index (κ3) is 3.00. The molecule has 2 heterocycles. The molecule has 6 rings (SSSR count). The number of ketones is 1. The summed E-state index contributed by atoms with van der Waals surface area (Å²) in [7, 11) is 1.41. The van der Waals surface area contributed by atoms with Crippen LogP contribution in [0.1, 0.15) is 41.7 Å². The van der Waals surface area contributed by atoms with E-state index in [1.165, 1.54) is 7.11 Å². The van der Waals surface area contributed by atoms with E-state index in [0.29, 0.717) is 23.4 Å². The highest BCUT2D eigenvalue weighted by Crippen LogP contribution is 2.63. The molecule has 0 unspecified atom stereocenters. The number of carbonyl (C=O) groups excluding carboxylic acids is 2. The van der Waals surface area contributed by atoms with Gasteiger partial charge in [0.15, 0.2) is 5.78 Å². The number of nitrogens with one attached hydrogen (secondary N) is 1. The van der Waals surface area contributed by atoms with Gasteiger partial charge in [0.1, 0.15) is 5.54 Å². The second kappa shape index (κ2) is 7.18. The number of hydrogen-bond acceptors (Lipinski definition) is 4. The van der Waals surface area contributed by atoms with Gasteiger partial charge in [0, 0.05) is 16.6 Å². The molecule has 0 amide bonds. The lowest BCUT2D eigenvalue weighted by Gasteiger charge is -2.62. The third-order valence-corrected chi connectivity index (χ3v) is 7.56. The molecule has 31 heavy (non-hydrogen) atoms. The minimum Gasteiger partial charge on any atom is -0.468 e. The molecule has 3 aliphatic rings. The number of hydrogen-bond donors (Lipinski definition) is 1. The molecule has 2 bridgehead atoms. The van der Waals surface area contributed by atoms with Crippen LogP contribution in [0.5, 0.6) is 0 Å². The Morgan fingerprint density at radius 3 is 2.35 bits per heavy atom. The molecule has 2 atom stereocenters. The molecule has 158 valence electrons. The molecular formula is C26H24ClNO3. The summed E-state index contributed by atoms with van der Waals surface area (Å²) >= 11 is 6.11. The number of halogens is 1. The summed E-state index contributed by atoms with van der Waals surface area (Å²) in [6.07, 6.45) is 1.29. The molecule has 3 aromatic rings. The molecule has 4 nitrogen and oxygen atoms in total.